The average Bonchev–Trinajstić information content (AvgIpc) is 2.61. The van der Waals surface area contributed by atoms with Crippen LogP contribution >= 0.6 is 0 Å². The summed E-state index contributed by atoms with van der Waals surface area (Å²) in [5, 5.41) is 11.1. The third kappa shape index (κ3) is 2.27. The molecule has 4 fully saturated rings. The van der Waals surface area contributed by atoms with Gasteiger partial charge >= 0.3 is 0 Å². The molecule has 0 unspecified atom stereocenters. The van der Waals surface area contributed by atoms with Crippen molar-refractivity contribution in [2.24, 2.45) is 17.8 Å². The van der Waals surface area contributed by atoms with Gasteiger partial charge in [-0.05, 0) is 72.8 Å². The fourth-order valence-corrected chi connectivity index (χ4v) is 6.47. The van der Waals surface area contributed by atoms with Crippen LogP contribution in [0.5, 0.6) is 5.75 Å². The maximum absolute atomic E-state index is 11.8. The molecule has 6 rings (SSSR count). The van der Waals surface area contributed by atoms with Crippen molar-refractivity contribution < 1.29 is 9.90 Å². The molecule has 4 saturated carbocycles. The van der Waals surface area contributed by atoms with E-state index in [-0.39, 0.29) is 11.2 Å². The molecule has 4 aliphatic rings. The molecule has 0 saturated heterocycles. The van der Waals surface area contributed by atoms with Crippen LogP contribution in [-0.4, -0.2) is 11.4 Å². The molecule has 0 radical (unpaired) electrons. The van der Waals surface area contributed by atoms with Crippen LogP contribution in [0.25, 0.3) is 11.1 Å². The Hall–Kier alpha value is -2.09. The molecule has 0 heterocycles. The largest absolute Gasteiger partial charge is 0.507 e. The molecule has 1 N–H and O–H groups in total. The maximum atomic E-state index is 11.8. The van der Waals surface area contributed by atoms with Crippen LogP contribution < -0.4 is 0 Å². The van der Waals surface area contributed by atoms with Gasteiger partial charge in [-0.25, -0.2) is 0 Å². The molecule has 2 nitrogen and oxygen atoms in total. The standard InChI is InChI=1S/C23H24O2/c24-14-20-19(18-4-2-1-3-5-18)6-7-21(22(20)25)23-11-15-8-16(12-23)10-17(9-15)13-23/h1-7,14-17,25H,8-13H2. The average molecular weight is 332 g/mol. The molecule has 0 atom stereocenters. The second-order valence-corrected chi connectivity index (χ2v) is 8.60. The molecule has 128 valence electrons. The van der Waals surface area contributed by atoms with Crippen LogP contribution in [0.15, 0.2) is 42.5 Å². The van der Waals surface area contributed by atoms with Crippen LogP contribution in [0.4, 0.5) is 0 Å². The Kier molecular flexibility index (Phi) is 3.31. The van der Waals surface area contributed by atoms with Crippen LogP contribution in [0.3, 0.4) is 0 Å². The van der Waals surface area contributed by atoms with Gasteiger partial charge in [0.05, 0.1) is 5.56 Å². The Bertz CT molecular complexity index is 786. The van der Waals surface area contributed by atoms with Gasteiger partial charge in [-0.3, -0.25) is 4.79 Å². The Morgan fingerprint density at radius 2 is 1.48 bits per heavy atom. The lowest BCUT2D eigenvalue weighted by atomic mass is 9.48. The summed E-state index contributed by atoms with van der Waals surface area (Å²) in [6.45, 7) is 0. The number of phenols is 1. The van der Waals surface area contributed by atoms with E-state index in [9.17, 15) is 9.90 Å². The number of carbonyl (C=O) groups is 1. The molecule has 4 bridgehead atoms. The third-order valence-electron chi connectivity index (χ3n) is 7.03. The van der Waals surface area contributed by atoms with Gasteiger partial charge in [0.15, 0.2) is 6.29 Å². The Morgan fingerprint density at radius 3 is 2.04 bits per heavy atom. The van der Waals surface area contributed by atoms with E-state index >= 15 is 0 Å². The fourth-order valence-electron chi connectivity index (χ4n) is 6.47. The molecular formula is C23H24O2. The van der Waals surface area contributed by atoms with E-state index in [1.165, 1.54) is 38.5 Å². The minimum Gasteiger partial charge on any atom is -0.507 e. The number of aldehydes is 1. The summed E-state index contributed by atoms with van der Waals surface area (Å²) >= 11 is 0. The van der Waals surface area contributed by atoms with Crippen molar-refractivity contribution in [3.05, 3.63) is 53.6 Å². The lowest BCUT2D eigenvalue weighted by molar-refractivity contribution is -0.00614. The highest BCUT2D eigenvalue weighted by Gasteiger charge is 2.52. The van der Waals surface area contributed by atoms with E-state index < -0.39 is 0 Å². The predicted octanol–water partition coefficient (Wildman–Crippen LogP) is 5.34. The molecule has 2 aromatic carbocycles. The first-order chi connectivity index (χ1) is 12.2. The van der Waals surface area contributed by atoms with Crippen molar-refractivity contribution in [2.75, 3.05) is 0 Å². The molecule has 4 aliphatic carbocycles. The van der Waals surface area contributed by atoms with Gasteiger partial charge in [-0.2, -0.15) is 0 Å². The van der Waals surface area contributed by atoms with Crippen molar-refractivity contribution in [3.8, 4) is 16.9 Å². The van der Waals surface area contributed by atoms with Crippen molar-refractivity contribution >= 4 is 6.29 Å². The van der Waals surface area contributed by atoms with Crippen molar-refractivity contribution in [2.45, 2.75) is 43.9 Å². The molecule has 25 heavy (non-hydrogen) atoms. The summed E-state index contributed by atoms with van der Waals surface area (Å²) in [7, 11) is 0. The zero-order chi connectivity index (χ0) is 17.0. The zero-order valence-electron chi connectivity index (χ0n) is 14.4. The zero-order valence-corrected chi connectivity index (χ0v) is 14.4. The van der Waals surface area contributed by atoms with Crippen LogP contribution in [0, 0.1) is 17.8 Å². The molecule has 0 aliphatic heterocycles. The number of rotatable bonds is 3. The molecule has 0 aromatic heterocycles. The molecule has 2 heteroatoms. The highest BCUT2D eigenvalue weighted by atomic mass is 16.3. The van der Waals surface area contributed by atoms with Crippen LogP contribution in [-0.2, 0) is 5.41 Å². The highest BCUT2D eigenvalue weighted by Crippen LogP contribution is 2.62. The van der Waals surface area contributed by atoms with Crippen LogP contribution in [0.1, 0.15) is 54.4 Å². The number of hydrogen-bond acceptors (Lipinski definition) is 2. The second kappa shape index (κ2) is 5.45. The van der Waals surface area contributed by atoms with E-state index in [4.69, 9.17) is 0 Å². The summed E-state index contributed by atoms with van der Waals surface area (Å²) in [5.74, 6) is 2.69. The van der Waals surface area contributed by atoms with Gasteiger partial charge in [0.25, 0.3) is 0 Å². The minimum atomic E-state index is 0.103. The van der Waals surface area contributed by atoms with E-state index in [1.807, 2.05) is 36.4 Å². The SMILES string of the molecule is O=Cc1c(-c2ccccc2)ccc(C23CC4CC(CC(C4)C2)C3)c1O. The van der Waals surface area contributed by atoms with Crippen LogP contribution in [0.2, 0.25) is 0 Å². The van der Waals surface area contributed by atoms with Gasteiger partial charge in [0, 0.05) is 5.56 Å². The first-order valence-electron chi connectivity index (χ1n) is 9.55. The topological polar surface area (TPSA) is 37.3 Å². The molecule has 0 amide bonds. The van der Waals surface area contributed by atoms with E-state index in [0.29, 0.717) is 5.56 Å². The monoisotopic (exact) mass is 332 g/mol. The Morgan fingerprint density at radius 1 is 0.880 bits per heavy atom. The number of carbonyl (C=O) groups excluding carboxylic acids is 1. The molecule has 0 spiro atoms. The van der Waals surface area contributed by atoms with Gasteiger partial charge in [-0.1, -0.05) is 42.5 Å². The quantitative estimate of drug-likeness (QED) is 0.770. The first kappa shape index (κ1) is 15.2. The number of phenolic OH excluding ortho intramolecular Hbond substituents is 1. The number of aromatic hydroxyl groups is 1. The second-order valence-electron chi connectivity index (χ2n) is 8.60. The van der Waals surface area contributed by atoms with Gasteiger partial charge in [0.1, 0.15) is 5.75 Å². The molecule has 2 aromatic rings. The highest BCUT2D eigenvalue weighted by molar-refractivity contribution is 5.91. The van der Waals surface area contributed by atoms with Gasteiger partial charge < -0.3 is 5.11 Å². The van der Waals surface area contributed by atoms with E-state index in [0.717, 1.165) is 40.7 Å². The number of hydrogen-bond donors (Lipinski definition) is 1. The van der Waals surface area contributed by atoms with E-state index in [1.54, 1.807) is 0 Å². The van der Waals surface area contributed by atoms with Crippen molar-refractivity contribution in [1.82, 2.24) is 0 Å². The fraction of sp³-hybridized carbons (Fsp3) is 0.435. The van der Waals surface area contributed by atoms with Crippen molar-refractivity contribution in [1.29, 1.82) is 0 Å². The smallest absolute Gasteiger partial charge is 0.154 e. The lowest BCUT2D eigenvalue weighted by Crippen LogP contribution is -2.48. The third-order valence-corrected chi connectivity index (χ3v) is 7.03. The Labute approximate surface area is 148 Å². The first-order valence-corrected chi connectivity index (χ1v) is 9.55. The summed E-state index contributed by atoms with van der Waals surface area (Å²) in [5.41, 5.74) is 3.41. The summed E-state index contributed by atoms with van der Waals surface area (Å²) in [6.07, 6.45) is 8.54. The van der Waals surface area contributed by atoms with Gasteiger partial charge in [0.2, 0.25) is 0 Å². The summed E-state index contributed by atoms with van der Waals surface area (Å²) < 4.78 is 0. The summed E-state index contributed by atoms with van der Waals surface area (Å²) in [6, 6.07) is 14.0. The van der Waals surface area contributed by atoms with E-state index in [2.05, 4.69) is 6.07 Å². The van der Waals surface area contributed by atoms with Crippen molar-refractivity contribution in [3.63, 3.8) is 0 Å². The maximum Gasteiger partial charge on any atom is 0.154 e. The summed E-state index contributed by atoms with van der Waals surface area (Å²) in [4.78, 5) is 11.8. The van der Waals surface area contributed by atoms with Gasteiger partial charge in [-0.15, -0.1) is 0 Å². The lowest BCUT2D eigenvalue weighted by Gasteiger charge is -2.57. The Balaban J connectivity index is 1.63. The molecular weight excluding hydrogens is 308 g/mol. The number of benzene rings is 2. The predicted molar refractivity (Wildman–Crippen MR) is 98.8 cm³/mol. The normalized spacial score (nSPS) is 32.7. The minimum absolute atomic E-state index is 0.103.